The number of aliphatic imine (C=N–C) groups is 1. The molecular weight excluding hydrogens is 176 g/mol. The lowest BCUT2D eigenvalue weighted by molar-refractivity contribution is 0.503. The van der Waals surface area contributed by atoms with E-state index in [4.69, 9.17) is 5.84 Å². The van der Waals surface area contributed by atoms with Crippen LogP contribution in [0.15, 0.2) is 4.99 Å². The number of hydrogen-bond donors (Lipinski definition) is 3. The van der Waals surface area contributed by atoms with Gasteiger partial charge < -0.3 is 5.32 Å². The highest BCUT2D eigenvalue weighted by molar-refractivity contribution is 5.79. The third kappa shape index (κ3) is 3.18. The fourth-order valence-corrected chi connectivity index (χ4v) is 1.45. The Morgan fingerprint density at radius 3 is 2.50 bits per heavy atom. The van der Waals surface area contributed by atoms with Gasteiger partial charge in [-0.05, 0) is 38.5 Å². The first kappa shape index (κ1) is 11.3. The minimum absolute atomic E-state index is 0.363. The quantitative estimate of drug-likeness (QED) is 0.273. The Labute approximate surface area is 86.3 Å². The molecule has 0 aromatic heterocycles. The second-order valence-electron chi connectivity index (χ2n) is 4.46. The normalized spacial score (nSPS) is 19.6. The number of hydrazine groups is 1. The van der Waals surface area contributed by atoms with Crippen molar-refractivity contribution in [3.05, 3.63) is 0 Å². The molecule has 0 heterocycles. The molecule has 0 amide bonds. The Kier molecular flexibility index (Phi) is 3.75. The maximum Gasteiger partial charge on any atom is 0.205 e. The minimum Gasteiger partial charge on any atom is -0.353 e. The van der Waals surface area contributed by atoms with Crippen molar-refractivity contribution < 1.29 is 0 Å². The summed E-state index contributed by atoms with van der Waals surface area (Å²) < 4.78 is 0. The van der Waals surface area contributed by atoms with Crippen LogP contribution in [0.5, 0.6) is 0 Å². The van der Waals surface area contributed by atoms with Gasteiger partial charge in [-0.1, -0.05) is 6.92 Å². The van der Waals surface area contributed by atoms with Gasteiger partial charge in [0.15, 0.2) is 0 Å². The van der Waals surface area contributed by atoms with E-state index in [1.165, 1.54) is 19.3 Å². The molecule has 82 valence electrons. The highest BCUT2D eigenvalue weighted by atomic mass is 15.3. The minimum atomic E-state index is 0.363. The van der Waals surface area contributed by atoms with Crippen LogP contribution < -0.4 is 16.6 Å². The molecule has 0 spiro atoms. The van der Waals surface area contributed by atoms with Crippen LogP contribution in [-0.2, 0) is 0 Å². The number of nitrogens with one attached hydrogen (secondary N) is 2. The second-order valence-corrected chi connectivity index (χ2v) is 4.46. The van der Waals surface area contributed by atoms with Crippen molar-refractivity contribution in [3.63, 3.8) is 0 Å². The summed E-state index contributed by atoms with van der Waals surface area (Å²) in [4.78, 5) is 4.46. The van der Waals surface area contributed by atoms with E-state index in [2.05, 4.69) is 36.5 Å². The maximum atomic E-state index is 5.37. The molecule has 0 bridgehead atoms. The summed E-state index contributed by atoms with van der Waals surface area (Å²) >= 11 is 0. The summed E-state index contributed by atoms with van der Waals surface area (Å²) in [7, 11) is 0. The Morgan fingerprint density at radius 2 is 2.14 bits per heavy atom. The first-order chi connectivity index (χ1) is 6.62. The number of nitrogens with two attached hydrogens (primary N) is 1. The summed E-state index contributed by atoms with van der Waals surface area (Å²) in [5.41, 5.74) is 3.08. The molecule has 0 radical (unpaired) electrons. The van der Waals surface area contributed by atoms with Crippen molar-refractivity contribution in [2.24, 2.45) is 16.3 Å². The maximum absolute atomic E-state index is 5.37. The molecule has 0 aromatic carbocycles. The van der Waals surface area contributed by atoms with Crippen LogP contribution in [-0.4, -0.2) is 18.5 Å². The van der Waals surface area contributed by atoms with Crippen molar-refractivity contribution in [2.75, 3.05) is 6.54 Å². The SMILES string of the molecule is CCC1(CN=C(NN)NC(C)C)CC1. The largest absolute Gasteiger partial charge is 0.353 e. The zero-order valence-electron chi connectivity index (χ0n) is 9.43. The Hall–Kier alpha value is -0.770. The molecule has 0 saturated heterocycles. The topological polar surface area (TPSA) is 62.4 Å². The van der Waals surface area contributed by atoms with Crippen molar-refractivity contribution in [3.8, 4) is 0 Å². The Morgan fingerprint density at radius 1 is 1.50 bits per heavy atom. The molecule has 1 fully saturated rings. The summed E-state index contributed by atoms with van der Waals surface area (Å²) in [6, 6.07) is 0.363. The van der Waals surface area contributed by atoms with Crippen LogP contribution in [0.25, 0.3) is 0 Å². The zero-order valence-corrected chi connectivity index (χ0v) is 9.43. The van der Waals surface area contributed by atoms with Crippen molar-refractivity contribution in [1.29, 1.82) is 0 Å². The van der Waals surface area contributed by atoms with E-state index in [0.29, 0.717) is 17.4 Å². The van der Waals surface area contributed by atoms with Gasteiger partial charge in [0.2, 0.25) is 5.96 Å². The van der Waals surface area contributed by atoms with E-state index in [-0.39, 0.29) is 0 Å². The van der Waals surface area contributed by atoms with E-state index < -0.39 is 0 Å². The number of rotatable bonds is 4. The van der Waals surface area contributed by atoms with Gasteiger partial charge in [0.25, 0.3) is 0 Å². The van der Waals surface area contributed by atoms with Gasteiger partial charge in [0.05, 0.1) is 0 Å². The van der Waals surface area contributed by atoms with Crippen LogP contribution >= 0.6 is 0 Å². The van der Waals surface area contributed by atoms with Crippen LogP contribution in [0.2, 0.25) is 0 Å². The van der Waals surface area contributed by atoms with E-state index in [0.717, 1.165) is 6.54 Å². The predicted octanol–water partition coefficient (Wildman–Crippen LogP) is 0.994. The molecule has 4 N–H and O–H groups in total. The highest BCUT2D eigenvalue weighted by Crippen LogP contribution is 2.48. The van der Waals surface area contributed by atoms with Crippen molar-refractivity contribution in [1.82, 2.24) is 10.7 Å². The van der Waals surface area contributed by atoms with Crippen molar-refractivity contribution in [2.45, 2.75) is 46.1 Å². The van der Waals surface area contributed by atoms with Crippen LogP contribution in [0.3, 0.4) is 0 Å². The second kappa shape index (κ2) is 4.64. The monoisotopic (exact) mass is 198 g/mol. The average Bonchev–Trinajstić information content (AvgIpc) is 2.92. The summed E-state index contributed by atoms with van der Waals surface area (Å²) in [5.74, 6) is 6.08. The van der Waals surface area contributed by atoms with Gasteiger partial charge in [-0.15, -0.1) is 0 Å². The third-order valence-electron chi connectivity index (χ3n) is 2.84. The zero-order chi connectivity index (χ0) is 10.6. The third-order valence-corrected chi connectivity index (χ3v) is 2.84. The fraction of sp³-hybridized carbons (Fsp3) is 0.900. The molecule has 0 aliphatic heterocycles. The molecule has 1 saturated carbocycles. The van der Waals surface area contributed by atoms with Gasteiger partial charge in [-0.2, -0.15) is 0 Å². The van der Waals surface area contributed by atoms with Gasteiger partial charge in [-0.25, -0.2) is 5.84 Å². The average molecular weight is 198 g/mol. The number of hydrogen-bond acceptors (Lipinski definition) is 2. The molecule has 4 nitrogen and oxygen atoms in total. The van der Waals surface area contributed by atoms with Crippen LogP contribution in [0.1, 0.15) is 40.0 Å². The fourth-order valence-electron chi connectivity index (χ4n) is 1.45. The number of nitrogens with zero attached hydrogens (tertiary/aromatic N) is 1. The van der Waals surface area contributed by atoms with E-state index >= 15 is 0 Å². The lowest BCUT2D eigenvalue weighted by atomic mass is 10.1. The molecule has 1 rings (SSSR count). The molecular formula is C10H22N4. The lowest BCUT2D eigenvalue weighted by Gasteiger charge is -2.14. The first-order valence-electron chi connectivity index (χ1n) is 5.39. The molecule has 1 aliphatic carbocycles. The summed E-state index contributed by atoms with van der Waals surface area (Å²) in [6.07, 6.45) is 3.84. The van der Waals surface area contributed by atoms with Crippen LogP contribution in [0, 0.1) is 5.41 Å². The van der Waals surface area contributed by atoms with E-state index in [1.54, 1.807) is 0 Å². The smallest absolute Gasteiger partial charge is 0.205 e. The van der Waals surface area contributed by atoms with Gasteiger partial charge >= 0.3 is 0 Å². The van der Waals surface area contributed by atoms with Gasteiger partial charge in [0, 0.05) is 12.6 Å². The van der Waals surface area contributed by atoms with Gasteiger partial charge in [-0.3, -0.25) is 10.4 Å². The molecule has 14 heavy (non-hydrogen) atoms. The molecule has 0 aromatic rings. The molecule has 0 atom stereocenters. The summed E-state index contributed by atoms with van der Waals surface area (Å²) in [6.45, 7) is 7.26. The predicted molar refractivity (Wildman–Crippen MR) is 59.9 cm³/mol. The standard InChI is InChI=1S/C10H22N4/c1-4-10(5-6-10)7-12-9(14-11)13-8(2)3/h8H,4-7,11H2,1-3H3,(H2,12,13,14). The van der Waals surface area contributed by atoms with Gasteiger partial charge in [0.1, 0.15) is 0 Å². The summed E-state index contributed by atoms with van der Waals surface area (Å²) in [5, 5.41) is 3.17. The molecule has 1 aliphatic rings. The highest BCUT2D eigenvalue weighted by Gasteiger charge is 2.40. The van der Waals surface area contributed by atoms with Crippen LogP contribution in [0.4, 0.5) is 0 Å². The molecule has 4 heteroatoms. The van der Waals surface area contributed by atoms with E-state index in [9.17, 15) is 0 Å². The first-order valence-corrected chi connectivity index (χ1v) is 5.39. The lowest BCUT2D eigenvalue weighted by Crippen LogP contribution is -2.44. The number of guanidine groups is 1. The molecule has 0 unspecified atom stereocenters. The van der Waals surface area contributed by atoms with E-state index in [1.807, 2.05) is 0 Å². The Bertz CT molecular complexity index is 206. The Balaban J connectivity index is 2.39. The van der Waals surface area contributed by atoms with Crippen molar-refractivity contribution >= 4 is 5.96 Å².